The van der Waals surface area contributed by atoms with Crippen LogP contribution in [0.3, 0.4) is 0 Å². The molecular formula is C81H144NO8P. The van der Waals surface area contributed by atoms with E-state index in [1.54, 1.807) is 0 Å². The fourth-order valence-electron chi connectivity index (χ4n) is 11.0. The van der Waals surface area contributed by atoms with E-state index in [1.165, 1.54) is 231 Å². The molecule has 2 atom stereocenters. The highest BCUT2D eigenvalue weighted by atomic mass is 31.2. The van der Waals surface area contributed by atoms with Crippen LogP contribution < -0.4 is 5.73 Å². The fourth-order valence-corrected chi connectivity index (χ4v) is 11.8. The van der Waals surface area contributed by atoms with Gasteiger partial charge in [-0.3, -0.25) is 18.6 Å². The molecule has 0 amide bonds. The lowest BCUT2D eigenvalue weighted by molar-refractivity contribution is -0.161. The normalized spacial score (nSPS) is 13.5. The van der Waals surface area contributed by atoms with Crippen LogP contribution in [0.25, 0.3) is 0 Å². The number of unbranched alkanes of at least 4 members (excludes halogenated alkanes) is 41. The molecule has 0 aromatic carbocycles. The molecule has 2 unspecified atom stereocenters. The van der Waals surface area contributed by atoms with E-state index < -0.39 is 26.5 Å². The molecule has 9 nitrogen and oxygen atoms in total. The summed E-state index contributed by atoms with van der Waals surface area (Å²) in [5.74, 6) is -0.820. The monoisotopic (exact) mass is 1290 g/mol. The van der Waals surface area contributed by atoms with Crippen molar-refractivity contribution in [3.63, 3.8) is 0 Å². The third-order valence-electron chi connectivity index (χ3n) is 16.6. The Hall–Kier alpha value is -3.33. The number of ether oxygens (including phenoxy) is 2. The van der Waals surface area contributed by atoms with E-state index in [0.717, 1.165) is 96.3 Å². The minimum atomic E-state index is -4.40. The summed E-state index contributed by atoms with van der Waals surface area (Å²) in [7, 11) is -4.40. The maximum absolute atomic E-state index is 12.8. The molecule has 0 aromatic heterocycles. The second kappa shape index (κ2) is 75.7. The molecule has 10 heteroatoms. The zero-order valence-electron chi connectivity index (χ0n) is 59.3. The van der Waals surface area contributed by atoms with E-state index in [-0.39, 0.29) is 38.6 Å². The van der Waals surface area contributed by atoms with E-state index in [2.05, 4.69) is 123 Å². The highest BCUT2D eigenvalue weighted by Gasteiger charge is 2.26. The van der Waals surface area contributed by atoms with Gasteiger partial charge in [-0.2, -0.15) is 0 Å². The lowest BCUT2D eigenvalue weighted by atomic mass is 10.0. The van der Waals surface area contributed by atoms with Gasteiger partial charge in [-0.1, -0.05) is 354 Å². The SMILES string of the molecule is CC/C=C\C/C=C\C/C=C\C/C=C\C/C=C\C/C=C\C/C=C\CCCCCCCCCCCCCC(=O)OC(COC(=O)CCCCCCCCCCCCCCCCCCCCCCCCCCC/C=C\C/C=C\CCCCCCC)COP(=O)(O)OCCN. The van der Waals surface area contributed by atoms with Crippen LogP contribution in [0.1, 0.15) is 361 Å². The van der Waals surface area contributed by atoms with Gasteiger partial charge in [0, 0.05) is 19.4 Å². The summed E-state index contributed by atoms with van der Waals surface area (Å²) < 4.78 is 33.2. The van der Waals surface area contributed by atoms with Gasteiger partial charge in [0.15, 0.2) is 6.10 Å². The molecule has 0 saturated heterocycles. The molecule has 0 radical (unpaired) electrons. The first-order valence-corrected chi connectivity index (χ1v) is 39.9. The summed E-state index contributed by atoms with van der Waals surface area (Å²) in [6, 6.07) is 0. The average Bonchev–Trinajstić information content (AvgIpc) is 3.74. The summed E-state index contributed by atoms with van der Waals surface area (Å²) in [4.78, 5) is 35.4. The van der Waals surface area contributed by atoms with Crippen LogP contribution in [0.15, 0.2) is 109 Å². The van der Waals surface area contributed by atoms with E-state index in [4.69, 9.17) is 24.3 Å². The largest absolute Gasteiger partial charge is 0.472 e. The highest BCUT2D eigenvalue weighted by Crippen LogP contribution is 2.43. The second-order valence-electron chi connectivity index (χ2n) is 25.5. The third kappa shape index (κ3) is 75.6. The molecule has 0 bridgehead atoms. The van der Waals surface area contributed by atoms with Crippen molar-refractivity contribution in [2.75, 3.05) is 26.4 Å². The summed E-state index contributed by atoms with van der Waals surface area (Å²) in [5, 5.41) is 0. The summed E-state index contributed by atoms with van der Waals surface area (Å²) in [6.07, 6.45) is 105. The number of phosphoric acid groups is 1. The van der Waals surface area contributed by atoms with Crippen molar-refractivity contribution in [2.45, 2.75) is 367 Å². The van der Waals surface area contributed by atoms with Crippen molar-refractivity contribution in [1.82, 2.24) is 0 Å². The number of esters is 2. The maximum Gasteiger partial charge on any atom is 0.472 e. The number of phosphoric ester groups is 1. The predicted molar refractivity (Wildman–Crippen MR) is 395 cm³/mol. The first-order chi connectivity index (χ1) is 44.8. The van der Waals surface area contributed by atoms with E-state index >= 15 is 0 Å². The summed E-state index contributed by atoms with van der Waals surface area (Å²) in [6.45, 7) is 3.66. The van der Waals surface area contributed by atoms with E-state index in [9.17, 15) is 19.0 Å². The van der Waals surface area contributed by atoms with Crippen molar-refractivity contribution >= 4 is 19.8 Å². The number of nitrogens with two attached hydrogens (primary N) is 1. The molecule has 0 aliphatic rings. The van der Waals surface area contributed by atoms with Gasteiger partial charge >= 0.3 is 19.8 Å². The molecule has 0 fully saturated rings. The van der Waals surface area contributed by atoms with Crippen LogP contribution in [0.4, 0.5) is 0 Å². The van der Waals surface area contributed by atoms with Gasteiger partial charge in [-0.05, 0) is 103 Å². The lowest BCUT2D eigenvalue weighted by Gasteiger charge is -2.19. The van der Waals surface area contributed by atoms with Crippen molar-refractivity contribution in [2.24, 2.45) is 5.73 Å². The Kier molecular flexibility index (Phi) is 72.9. The number of allylic oxidation sites excluding steroid dienone is 18. The minimum Gasteiger partial charge on any atom is -0.462 e. The second-order valence-corrected chi connectivity index (χ2v) is 26.9. The molecular weight excluding hydrogens is 1150 g/mol. The smallest absolute Gasteiger partial charge is 0.462 e. The van der Waals surface area contributed by atoms with Gasteiger partial charge in [0.2, 0.25) is 0 Å². The van der Waals surface area contributed by atoms with Crippen LogP contribution in [0, 0.1) is 0 Å². The van der Waals surface area contributed by atoms with E-state index in [1.807, 2.05) is 0 Å². The van der Waals surface area contributed by atoms with E-state index in [0.29, 0.717) is 6.42 Å². The minimum absolute atomic E-state index is 0.0504. The van der Waals surface area contributed by atoms with Crippen molar-refractivity contribution in [3.05, 3.63) is 109 Å². The number of rotatable bonds is 72. The van der Waals surface area contributed by atoms with Crippen LogP contribution in [0.2, 0.25) is 0 Å². The molecule has 0 rings (SSSR count). The quantitative estimate of drug-likeness (QED) is 0.0264. The number of hydrogen-bond donors (Lipinski definition) is 2. The van der Waals surface area contributed by atoms with Crippen molar-refractivity contribution in [1.29, 1.82) is 0 Å². The summed E-state index contributed by atoms with van der Waals surface area (Å²) >= 11 is 0. The van der Waals surface area contributed by atoms with Gasteiger partial charge < -0.3 is 20.1 Å². The van der Waals surface area contributed by atoms with Crippen LogP contribution in [-0.4, -0.2) is 49.3 Å². The summed E-state index contributed by atoms with van der Waals surface area (Å²) in [5.41, 5.74) is 5.41. The van der Waals surface area contributed by atoms with Crippen LogP contribution in [-0.2, 0) is 32.7 Å². The molecule has 0 spiro atoms. The number of hydrogen-bond acceptors (Lipinski definition) is 8. The molecule has 0 aliphatic carbocycles. The van der Waals surface area contributed by atoms with Crippen molar-refractivity contribution in [3.8, 4) is 0 Å². The molecule has 0 aromatic rings. The van der Waals surface area contributed by atoms with Gasteiger partial charge in [-0.25, -0.2) is 4.57 Å². The average molecular weight is 1290 g/mol. The Morgan fingerprint density at radius 2 is 0.604 bits per heavy atom. The molecule has 91 heavy (non-hydrogen) atoms. The molecule has 0 aliphatic heterocycles. The standard InChI is InChI=1S/C81H144NO8P/c1-3-5-7-9-11-13-15-17-19-21-23-25-27-29-31-33-35-37-38-39-40-42-43-45-47-49-51-53-55-57-59-61-63-65-67-69-71-73-80(83)87-77-79(78-89-91(85,86)88-76-75-82)90-81(84)74-72-70-68-66-64-62-60-58-56-54-52-50-48-46-44-41-36-34-32-30-28-26-24-22-20-18-16-14-12-10-8-6-4-2/h6,8,12,14-15,17-18,20-21,23-24,26,30,32,36,41,46,48,79H,3-5,7,9-11,13,16,19,22,25,27-29,31,33-35,37-40,42-45,47,49-78,82H2,1-2H3,(H,85,86)/b8-6-,14-12-,17-15-,20-18-,23-21-,26-24-,32-30-,41-36-,48-46-. The Bertz CT molecular complexity index is 1860. The lowest BCUT2D eigenvalue weighted by Crippen LogP contribution is -2.29. The highest BCUT2D eigenvalue weighted by molar-refractivity contribution is 7.47. The van der Waals surface area contributed by atoms with Gasteiger partial charge in [-0.15, -0.1) is 0 Å². The van der Waals surface area contributed by atoms with Crippen LogP contribution in [0.5, 0.6) is 0 Å². The predicted octanol–water partition coefficient (Wildman–Crippen LogP) is 25.6. The molecule has 0 heterocycles. The number of carbonyl (C=O) groups is 2. The Labute approximate surface area is 562 Å². The fraction of sp³-hybridized carbons (Fsp3) is 0.753. The first kappa shape index (κ1) is 87.7. The zero-order chi connectivity index (χ0) is 65.8. The van der Waals surface area contributed by atoms with Gasteiger partial charge in [0.1, 0.15) is 6.61 Å². The molecule has 3 N–H and O–H groups in total. The number of carbonyl (C=O) groups excluding carboxylic acids is 2. The van der Waals surface area contributed by atoms with Crippen molar-refractivity contribution < 1.29 is 37.6 Å². The Morgan fingerprint density at radius 1 is 0.341 bits per heavy atom. The third-order valence-corrected chi connectivity index (χ3v) is 17.6. The molecule has 0 saturated carbocycles. The van der Waals surface area contributed by atoms with Gasteiger partial charge in [0.05, 0.1) is 13.2 Å². The Balaban J connectivity index is 3.83. The first-order valence-electron chi connectivity index (χ1n) is 38.4. The molecule has 526 valence electrons. The Morgan fingerprint density at radius 3 is 0.901 bits per heavy atom. The van der Waals surface area contributed by atoms with Crippen LogP contribution >= 0.6 is 7.82 Å². The zero-order valence-corrected chi connectivity index (χ0v) is 60.2. The maximum atomic E-state index is 12.8. The topological polar surface area (TPSA) is 134 Å². The van der Waals surface area contributed by atoms with Gasteiger partial charge in [0.25, 0.3) is 0 Å².